The van der Waals surface area contributed by atoms with E-state index in [9.17, 15) is 8.42 Å². The molecule has 2 aromatic carbocycles. The number of benzene rings is 2. The number of hydrogen-bond acceptors (Lipinski definition) is 6. The molecule has 3 aromatic rings. The largest absolute Gasteiger partial charge is 0.495 e. The Morgan fingerprint density at radius 3 is 2.70 bits per heavy atom. The number of likely N-dealkylation sites (tertiary alicyclic amines) is 1. The van der Waals surface area contributed by atoms with Gasteiger partial charge in [0.25, 0.3) is 10.0 Å². The average Bonchev–Trinajstić information content (AvgIpc) is 3.10. The van der Waals surface area contributed by atoms with E-state index < -0.39 is 10.0 Å². The summed E-state index contributed by atoms with van der Waals surface area (Å²) in [5.41, 5.74) is 2.87. The number of hydrogen-bond donors (Lipinski definition) is 1. The van der Waals surface area contributed by atoms with E-state index in [0.717, 1.165) is 41.3 Å². The predicted molar refractivity (Wildman–Crippen MR) is 122 cm³/mol. The molecule has 0 atom stereocenters. The maximum atomic E-state index is 12.9. The molecule has 0 spiro atoms. The predicted octanol–water partition coefficient (Wildman–Crippen LogP) is 4.65. The molecule has 0 unspecified atom stereocenters. The maximum Gasteiger partial charge on any atom is 0.267 e. The summed E-state index contributed by atoms with van der Waals surface area (Å²) >= 11 is 1.35. The van der Waals surface area contributed by atoms with Gasteiger partial charge < -0.3 is 4.74 Å². The highest BCUT2D eigenvalue weighted by Crippen LogP contribution is 2.31. The Hall–Kier alpha value is -2.16. The lowest BCUT2D eigenvalue weighted by atomic mass is 9.99. The van der Waals surface area contributed by atoms with Gasteiger partial charge in [-0.15, -0.1) is 0 Å². The molecule has 0 saturated carbocycles. The van der Waals surface area contributed by atoms with Crippen molar-refractivity contribution in [1.29, 1.82) is 0 Å². The number of methoxy groups -OCH3 is 1. The van der Waals surface area contributed by atoms with Gasteiger partial charge in [-0.25, -0.2) is 13.4 Å². The highest BCUT2D eigenvalue weighted by molar-refractivity contribution is 7.93. The minimum absolute atomic E-state index is 0.115. The molecule has 1 N–H and O–H groups in total. The summed E-state index contributed by atoms with van der Waals surface area (Å²) < 4.78 is 34.7. The number of fused-ring (bicyclic) bond motifs is 1. The molecule has 0 aliphatic carbocycles. The molecule has 30 heavy (non-hydrogen) atoms. The lowest BCUT2D eigenvalue weighted by Crippen LogP contribution is -2.32. The standard InChI is InChI=1S/C22H27N3O3S2/c1-15-8-10-25(11-9-15)14-17-5-6-18-20(13-17)29-22(23-18)24-30(26,27)21-12-16(2)4-7-19(21)28-3/h4-7,12-13,15H,8-11,14H2,1-3H3,(H,23,24). The molecular formula is C22H27N3O3S2. The second-order valence-corrected chi connectivity index (χ2v) is 10.7. The van der Waals surface area contributed by atoms with Crippen LogP contribution in [0.4, 0.5) is 5.13 Å². The first-order valence-corrected chi connectivity index (χ1v) is 12.4. The van der Waals surface area contributed by atoms with E-state index in [4.69, 9.17) is 4.74 Å². The Kier molecular flexibility index (Phi) is 5.99. The van der Waals surface area contributed by atoms with Gasteiger partial charge in [-0.05, 0) is 74.2 Å². The summed E-state index contributed by atoms with van der Waals surface area (Å²) in [6.45, 7) is 7.34. The van der Waals surface area contributed by atoms with Crippen molar-refractivity contribution in [2.24, 2.45) is 5.92 Å². The van der Waals surface area contributed by atoms with Crippen LogP contribution in [0.15, 0.2) is 41.3 Å². The second kappa shape index (κ2) is 8.53. The Labute approximate surface area is 181 Å². The number of aryl methyl sites for hydroxylation is 1. The first kappa shape index (κ1) is 21.1. The Balaban J connectivity index is 1.54. The first-order valence-electron chi connectivity index (χ1n) is 10.1. The van der Waals surface area contributed by atoms with Crippen molar-refractivity contribution in [3.63, 3.8) is 0 Å². The van der Waals surface area contributed by atoms with Crippen LogP contribution in [0, 0.1) is 12.8 Å². The molecule has 0 bridgehead atoms. The average molecular weight is 446 g/mol. The van der Waals surface area contributed by atoms with Crippen molar-refractivity contribution < 1.29 is 13.2 Å². The van der Waals surface area contributed by atoms with Crippen molar-refractivity contribution in [3.8, 4) is 5.75 Å². The number of anilines is 1. The Morgan fingerprint density at radius 1 is 1.20 bits per heavy atom. The Bertz CT molecular complexity index is 1150. The van der Waals surface area contributed by atoms with Gasteiger partial charge in [-0.1, -0.05) is 30.4 Å². The molecule has 0 amide bonds. The number of nitrogens with one attached hydrogen (secondary N) is 1. The molecular weight excluding hydrogens is 418 g/mol. The number of ether oxygens (including phenoxy) is 1. The van der Waals surface area contributed by atoms with Crippen LogP contribution >= 0.6 is 11.3 Å². The van der Waals surface area contributed by atoms with Crippen molar-refractivity contribution >= 4 is 36.7 Å². The first-order chi connectivity index (χ1) is 14.3. The maximum absolute atomic E-state index is 12.9. The normalized spacial score (nSPS) is 16.1. The van der Waals surface area contributed by atoms with E-state index in [1.807, 2.05) is 19.1 Å². The number of rotatable bonds is 6. The van der Waals surface area contributed by atoms with Crippen LogP contribution in [0.25, 0.3) is 10.2 Å². The quantitative estimate of drug-likeness (QED) is 0.598. The van der Waals surface area contributed by atoms with Gasteiger partial charge in [-0.2, -0.15) is 0 Å². The van der Waals surface area contributed by atoms with Crippen LogP contribution in [0.1, 0.15) is 30.9 Å². The van der Waals surface area contributed by atoms with Gasteiger partial charge in [0.1, 0.15) is 10.6 Å². The van der Waals surface area contributed by atoms with Crippen LogP contribution in [0.2, 0.25) is 0 Å². The van der Waals surface area contributed by atoms with Gasteiger partial charge in [0.15, 0.2) is 5.13 Å². The van der Waals surface area contributed by atoms with Crippen LogP contribution in [0.5, 0.6) is 5.75 Å². The van der Waals surface area contributed by atoms with Gasteiger partial charge in [-0.3, -0.25) is 9.62 Å². The molecule has 160 valence electrons. The zero-order chi connectivity index (χ0) is 21.3. The van der Waals surface area contributed by atoms with Crippen molar-refractivity contribution in [2.45, 2.75) is 38.1 Å². The van der Waals surface area contributed by atoms with E-state index in [1.54, 1.807) is 12.1 Å². The highest BCUT2D eigenvalue weighted by Gasteiger charge is 2.22. The third-order valence-corrected chi connectivity index (χ3v) is 7.99. The van der Waals surface area contributed by atoms with E-state index in [1.165, 1.54) is 36.9 Å². The smallest absolute Gasteiger partial charge is 0.267 e. The third kappa shape index (κ3) is 4.61. The van der Waals surface area contributed by atoms with E-state index >= 15 is 0 Å². The van der Waals surface area contributed by atoms with E-state index in [-0.39, 0.29) is 4.90 Å². The SMILES string of the molecule is COc1ccc(C)cc1S(=O)(=O)Nc1nc2ccc(CN3CCC(C)CC3)cc2s1. The van der Waals surface area contributed by atoms with Gasteiger partial charge in [0.2, 0.25) is 0 Å². The van der Waals surface area contributed by atoms with Crippen LogP contribution in [-0.4, -0.2) is 38.5 Å². The number of aromatic nitrogens is 1. The zero-order valence-electron chi connectivity index (χ0n) is 17.5. The zero-order valence-corrected chi connectivity index (χ0v) is 19.1. The summed E-state index contributed by atoms with van der Waals surface area (Å²) in [6, 6.07) is 11.3. The minimum atomic E-state index is -3.80. The van der Waals surface area contributed by atoms with Gasteiger partial charge in [0, 0.05) is 6.54 Å². The number of thiazole rings is 1. The molecule has 1 aromatic heterocycles. The highest BCUT2D eigenvalue weighted by atomic mass is 32.2. The number of nitrogens with zero attached hydrogens (tertiary/aromatic N) is 2. The second-order valence-electron chi connectivity index (χ2n) is 8.04. The molecule has 4 rings (SSSR count). The lowest BCUT2D eigenvalue weighted by molar-refractivity contribution is 0.185. The molecule has 1 fully saturated rings. The summed E-state index contributed by atoms with van der Waals surface area (Å²) in [5.74, 6) is 1.13. The molecule has 2 heterocycles. The summed E-state index contributed by atoms with van der Waals surface area (Å²) in [6.07, 6.45) is 2.49. The fourth-order valence-electron chi connectivity index (χ4n) is 3.75. The monoisotopic (exact) mass is 445 g/mol. The molecule has 1 saturated heterocycles. The minimum Gasteiger partial charge on any atom is -0.495 e. The number of sulfonamides is 1. The molecule has 1 aliphatic heterocycles. The number of piperidine rings is 1. The summed E-state index contributed by atoms with van der Waals surface area (Å²) in [5, 5.41) is 0.359. The van der Waals surface area contributed by atoms with Crippen LogP contribution in [-0.2, 0) is 16.6 Å². The van der Waals surface area contributed by atoms with Crippen molar-refractivity contribution in [1.82, 2.24) is 9.88 Å². The molecule has 1 aliphatic rings. The Morgan fingerprint density at radius 2 is 1.97 bits per heavy atom. The van der Waals surface area contributed by atoms with Crippen LogP contribution < -0.4 is 9.46 Å². The molecule has 8 heteroatoms. The fourth-order valence-corrected chi connectivity index (χ4v) is 6.17. The van der Waals surface area contributed by atoms with Crippen molar-refractivity contribution in [3.05, 3.63) is 47.5 Å². The topological polar surface area (TPSA) is 71.5 Å². The van der Waals surface area contributed by atoms with Crippen LogP contribution in [0.3, 0.4) is 0 Å². The third-order valence-electron chi connectivity index (χ3n) is 5.57. The molecule has 0 radical (unpaired) electrons. The lowest BCUT2D eigenvalue weighted by Gasteiger charge is -2.30. The van der Waals surface area contributed by atoms with Crippen molar-refractivity contribution in [2.75, 3.05) is 24.9 Å². The van der Waals surface area contributed by atoms with E-state index in [0.29, 0.717) is 10.9 Å². The van der Waals surface area contributed by atoms with E-state index in [2.05, 4.69) is 33.7 Å². The fraction of sp³-hybridized carbons (Fsp3) is 0.409. The summed E-state index contributed by atoms with van der Waals surface area (Å²) in [4.78, 5) is 7.07. The van der Waals surface area contributed by atoms with Gasteiger partial charge >= 0.3 is 0 Å². The van der Waals surface area contributed by atoms with Gasteiger partial charge in [0.05, 0.1) is 17.3 Å². The molecule has 6 nitrogen and oxygen atoms in total. The summed E-state index contributed by atoms with van der Waals surface area (Å²) in [7, 11) is -2.34.